The Morgan fingerprint density at radius 3 is 2.83 bits per heavy atom. The van der Waals surface area contributed by atoms with Crippen LogP contribution in [0.4, 0.5) is 0 Å². The molecule has 1 saturated carbocycles. The van der Waals surface area contributed by atoms with Crippen molar-refractivity contribution in [2.75, 3.05) is 5.75 Å². The van der Waals surface area contributed by atoms with E-state index in [1.807, 2.05) is 0 Å². The van der Waals surface area contributed by atoms with Crippen molar-refractivity contribution in [3.8, 4) is 0 Å². The highest BCUT2D eigenvalue weighted by molar-refractivity contribution is 7.99. The summed E-state index contributed by atoms with van der Waals surface area (Å²) in [5.74, 6) is 1.39. The van der Waals surface area contributed by atoms with Crippen LogP contribution < -0.4 is 0 Å². The number of hydrogen-bond donors (Lipinski definition) is 1. The Balaban J connectivity index is 2.18. The van der Waals surface area contributed by atoms with Gasteiger partial charge in [-0.2, -0.15) is 0 Å². The minimum atomic E-state index is -0.818. The van der Waals surface area contributed by atoms with E-state index in [9.17, 15) is 4.79 Å². The van der Waals surface area contributed by atoms with Crippen LogP contribution in [0.5, 0.6) is 0 Å². The highest BCUT2D eigenvalue weighted by Gasteiger charge is 2.30. The molecule has 2 rings (SSSR count). The van der Waals surface area contributed by atoms with Crippen LogP contribution >= 0.6 is 11.8 Å². The number of hydrogen-bond acceptors (Lipinski definition) is 4. The summed E-state index contributed by atoms with van der Waals surface area (Å²) < 4.78 is 2.07. The molecule has 5 nitrogen and oxygen atoms in total. The summed E-state index contributed by atoms with van der Waals surface area (Å²) in [4.78, 5) is 10.6. The topological polar surface area (TPSA) is 68.0 Å². The van der Waals surface area contributed by atoms with Gasteiger partial charge in [-0.3, -0.25) is 4.79 Å². The molecule has 6 heteroatoms. The molecule has 0 aromatic carbocycles. The molecule has 0 saturated heterocycles. The van der Waals surface area contributed by atoms with Crippen LogP contribution in [-0.2, 0) is 11.3 Å². The zero-order chi connectivity index (χ0) is 13.1. The molecule has 1 aliphatic rings. The summed E-state index contributed by atoms with van der Waals surface area (Å²) in [7, 11) is 0. The van der Waals surface area contributed by atoms with Crippen molar-refractivity contribution in [2.45, 2.75) is 50.7 Å². The molecule has 1 fully saturated rings. The Labute approximate surface area is 111 Å². The predicted octanol–water partition coefficient (Wildman–Crippen LogP) is 2.38. The zero-order valence-electron chi connectivity index (χ0n) is 10.8. The molecular formula is C12H19N3O2S. The second kappa shape index (κ2) is 5.73. The van der Waals surface area contributed by atoms with Gasteiger partial charge < -0.3 is 9.67 Å². The van der Waals surface area contributed by atoms with Crippen LogP contribution in [-0.4, -0.2) is 31.6 Å². The van der Waals surface area contributed by atoms with Crippen molar-refractivity contribution in [3.05, 3.63) is 5.82 Å². The summed E-state index contributed by atoms with van der Waals surface area (Å²) >= 11 is 1.25. The number of carboxylic acids is 1. The van der Waals surface area contributed by atoms with Crippen LogP contribution in [0.25, 0.3) is 0 Å². The molecule has 100 valence electrons. The van der Waals surface area contributed by atoms with E-state index in [1.165, 1.54) is 31.0 Å². The normalized spacial score (nSPS) is 23.4. The maximum atomic E-state index is 10.6. The van der Waals surface area contributed by atoms with Crippen LogP contribution in [0.15, 0.2) is 5.16 Å². The Morgan fingerprint density at radius 2 is 2.28 bits per heavy atom. The lowest BCUT2D eigenvalue weighted by Crippen LogP contribution is -2.11. The number of carbonyl (C=O) groups is 1. The van der Waals surface area contributed by atoms with E-state index in [2.05, 4.69) is 28.6 Å². The summed E-state index contributed by atoms with van der Waals surface area (Å²) in [6.45, 7) is 5.11. The number of rotatable bonds is 5. The van der Waals surface area contributed by atoms with Crippen LogP contribution in [0.1, 0.15) is 44.9 Å². The molecule has 2 unspecified atom stereocenters. The standard InChI is InChI=1S/C12H19N3O2S/c1-3-15-11(9-6-4-5-8(9)2)13-14-12(15)18-7-10(16)17/h8-9H,3-7H2,1-2H3,(H,16,17). The second-order valence-corrected chi connectivity index (χ2v) is 5.72. The largest absolute Gasteiger partial charge is 0.481 e. The van der Waals surface area contributed by atoms with Crippen molar-refractivity contribution in [1.29, 1.82) is 0 Å². The average Bonchev–Trinajstić information content (AvgIpc) is 2.91. The number of aliphatic carboxylic acids is 1. The second-order valence-electron chi connectivity index (χ2n) is 4.78. The number of thioether (sulfide) groups is 1. The van der Waals surface area contributed by atoms with Gasteiger partial charge in [-0.1, -0.05) is 25.1 Å². The molecule has 0 bridgehead atoms. The van der Waals surface area contributed by atoms with Crippen molar-refractivity contribution in [2.24, 2.45) is 5.92 Å². The molecule has 2 atom stereocenters. The molecule has 1 heterocycles. The third-order valence-corrected chi connectivity index (χ3v) is 4.53. The molecule has 18 heavy (non-hydrogen) atoms. The van der Waals surface area contributed by atoms with Gasteiger partial charge in [0.2, 0.25) is 0 Å². The molecule has 0 amide bonds. The third kappa shape index (κ3) is 2.68. The SMILES string of the molecule is CCn1c(SCC(=O)O)nnc1C1CCCC1C. The minimum Gasteiger partial charge on any atom is -0.481 e. The van der Waals surface area contributed by atoms with E-state index >= 15 is 0 Å². The summed E-state index contributed by atoms with van der Waals surface area (Å²) in [6.07, 6.45) is 3.67. The molecule has 0 radical (unpaired) electrons. The summed E-state index contributed by atoms with van der Waals surface area (Å²) in [5, 5.41) is 17.9. The monoisotopic (exact) mass is 269 g/mol. The fourth-order valence-electron chi connectivity index (χ4n) is 2.63. The quantitative estimate of drug-likeness (QED) is 0.831. The molecule has 1 aromatic rings. The van der Waals surface area contributed by atoms with Crippen molar-refractivity contribution in [1.82, 2.24) is 14.8 Å². The lowest BCUT2D eigenvalue weighted by molar-refractivity contribution is -0.133. The van der Waals surface area contributed by atoms with Gasteiger partial charge in [0.1, 0.15) is 5.82 Å². The highest BCUT2D eigenvalue weighted by Crippen LogP contribution is 2.39. The smallest absolute Gasteiger partial charge is 0.313 e. The van der Waals surface area contributed by atoms with Gasteiger partial charge in [-0.05, 0) is 25.7 Å². The molecule has 0 spiro atoms. The number of nitrogens with zero attached hydrogens (tertiary/aromatic N) is 3. The van der Waals surface area contributed by atoms with Crippen LogP contribution in [0, 0.1) is 5.92 Å². The van der Waals surface area contributed by atoms with E-state index < -0.39 is 5.97 Å². The molecular weight excluding hydrogens is 250 g/mol. The first kappa shape index (κ1) is 13.4. The van der Waals surface area contributed by atoms with E-state index in [-0.39, 0.29) is 5.75 Å². The Bertz CT molecular complexity index is 433. The minimum absolute atomic E-state index is 0.0400. The van der Waals surface area contributed by atoms with E-state index in [0.29, 0.717) is 11.8 Å². The average molecular weight is 269 g/mol. The zero-order valence-corrected chi connectivity index (χ0v) is 11.6. The summed E-state index contributed by atoms with van der Waals surface area (Å²) in [5.41, 5.74) is 0. The number of carboxylic acid groups (broad SMARTS) is 1. The first-order valence-corrected chi connectivity index (χ1v) is 7.39. The van der Waals surface area contributed by atoms with Crippen LogP contribution in [0.3, 0.4) is 0 Å². The maximum absolute atomic E-state index is 10.6. The maximum Gasteiger partial charge on any atom is 0.313 e. The van der Waals surface area contributed by atoms with Crippen molar-refractivity contribution >= 4 is 17.7 Å². The Hall–Kier alpha value is -1.04. The van der Waals surface area contributed by atoms with Gasteiger partial charge in [0.05, 0.1) is 5.75 Å². The lowest BCUT2D eigenvalue weighted by atomic mass is 9.97. The third-order valence-electron chi connectivity index (χ3n) is 3.58. The van der Waals surface area contributed by atoms with Crippen molar-refractivity contribution in [3.63, 3.8) is 0 Å². The molecule has 0 aliphatic heterocycles. The summed E-state index contributed by atoms with van der Waals surface area (Å²) in [6, 6.07) is 0. The number of aromatic nitrogens is 3. The Morgan fingerprint density at radius 1 is 1.50 bits per heavy atom. The first-order chi connectivity index (χ1) is 8.63. The fraction of sp³-hybridized carbons (Fsp3) is 0.750. The van der Waals surface area contributed by atoms with Crippen LogP contribution in [0.2, 0.25) is 0 Å². The van der Waals surface area contributed by atoms with Gasteiger partial charge in [0, 0.05) is 12.5 Å². The first-order valence-electron chi connectivity index (χ1n) is 6.41. The van der Waals surface area contributed by atoms with E-state index in [1.54, 1.807) is 0 Å². The van der Waals surface area contributed by atoms with E-state index in [0.717, 1.165) is 17.5 Å². The van der Waals surface area contributed by atoms with Crippen molar-refractivity contribution < 1.29 is 9.90 Å². The van der Waals surface area contributed by atoms with Gasteiger partial charge in [0.25, 0.3) is 0 Å². The van der Waals surface area contributed by atoms with E-state index in [4.69, 9.17) is 5.11 Å². The van der Waals surface area contributed by atoms with Gasteiger partial charge >= 0.3 is 5.97 Å². The lowest BCUT2D eigenvalue weighted by Gasteiger charge is -2.15. The highest BCUT2D eigenvalue weighted by atomic mass is 32.2. The molecule has 1 N–H and O–H groups in total. The van der Waals surface area contributed by atoms with Gasteiger partial charge in [-0.25, -0.2) is 0 Å². The van der Waals surface area contributed by atoms with Gasteiger partial charge in [0.15, 0.2) is 5.16 Å². The predicted molar refractivity (Wildman–Crippen MR) is 69.8 cm³/mol. The molecule has 1 aromatic heterocycles. The van der Waals surface area contributed by atoms with Gasteiger partial charge in [-0.15, -0.1) is 10.2 Å². The fourth-order valence-corrected chi connectivity index (χ4v) is 3.36. The molecule has 1 aliphatic carbocycles. The Kier molecular flexibility index (Phi) is 4.27.